The summed E-state index contributed by atoms with van der Waals surface area (Å²) in [5.74, 6) is 0.00615. The molecule has 0 bridgehead atoms. The second-order valence-electron chi connectivity index (χ2n) is 5.48. The predicted molar refractivity (Wildman–Crippen MR) is 92.6 cm³/mol. The highest BCUT2D eigenvalue weighted by molar-refractivity contribution is 7.15. The Hall–Kier alpha value is -2.05. The molecule has 3 heterocycles. The van der Waals surface area contributed by atoms with E-state index in [0.717, 1.165) is 28.8 Å². The number of carbonyl (C=O) groups is 1. The van der Waals surface area contributed by atoms with E-state index in [1.807, 2.05) is 45.1 Å². The second-order valence-corrected chi connectivity index (χ2v) is 6.79. The lowest BCUT2D eigenvalue weighted by Gasteiger charge is -2.35. The first-order valence-corrected chi connectivity index (χ1v) is 8.68. The zero-order valence-electron chi connectivity index (χ0n) is 12.4. The van der Waals surface area contributed by atoms with Crippen LogP contribution >= 0.6 is 22.9 Å². The summed E-state index contributed by atoms with van der Waals surface area (Å²) in [4.78, 5) is 21.9. The SMILES string of the molecule is O=C(c1cn2ccsc2n1)N1CCN(c2cccc(Cl)c2)CC1. The fourth-order valence-corrected chi connectivity index (χ4v) is 3.72. The molecule has 0 spiro atoms. The lowest BCUT2D eigenvalue weighted by molar-refractivity contribution is 0.0741. The predicted octanol–water partition coefficient (Wildman–Crippen LogP) is 3.01. The molecule has 1 aromatic carbocycles. The van der Waals surface area contributed by atoms with E-state index in [1.54, 1.807) is 6.20 Å². The molecule has 3 aromatic rings. The molecule has 2 aromatic heterocycles. The molecule has 7 heteroatoms. The van der Waals surface area contributed by atoms with E-state index < -0.39 is 0 Å². The molecule has 1 aliphatic heterocycles. The molecular formula is C16H15ClN4OS. The maximum absolute atomic E-state index is 12.6. The number of halogens is 1. The topological polar surface area (TPSA) is 40.9 Å². The van der Waals surface area contributed by atoms with Crippen LogP contribution in [0, 0.1) is 0 Å². The Labute approximate surface area is 142 Å². The van der Waals surface area contributed by atoms with Crippen LogP contribution in [-0.4, -0.2) is 46.4 Å². The Balaban J connectivity index is 1.44. The Bertz CT molecular complexity index is 822. The van der Waals surface area contributed by atoms with Crippen molar-refractivity contribution in [3.8, 4) is 0 Å². The third-order valence-electron chi connectivity index (χ3n) is 4.05. The average Bonchev–Trinajstić information content (AvgIpc) is 3.16. The number of amides is 1. The van der Waals surface area contributed by atoms with Crippen molar-refractivity contribution in [1.82, 2.24) is 14.3 Å². The summed E-state index contributed by atoms with van der Waals surface area (Å²) in [6, 6.07) is 7.83. The second kappa shape index (κ2) is 5.86. The van der Waals surface area contributed by atoms with Gasteiger partial charge in [-0.2, -0.15) is 0 Å². The van der Waals surface area contributed by atoms with Crippen molar-refractivity contribution in [2.45, 2.75) is 0 Å². The third kappa shape index (κ3) is 2.80. The van der Waals surface area contributed by atoms with Crippen molar-refractivity contribution < 1.29 is 4.79 Å². The summed E-state index contributed by atoms with van der Waals surface area (Å²) in [5, 5.41) is 2.69. The van der Waals surface area contributed by atoms with Gasteiger partial charge in [0.25, 0.3) is 5.91 Å². The zero-order chi connectivity index (χ0) is 15.8. The van der Waals surface area contributed by atoms with E-state index in [0.29, 0.717) is 18.8 Å². The lowest BCUT2D eigenvalue weighted by atomic mass is 10.2. The summed E-state index contributed by atoms with van der Waals surface area (Å²) < 4.78 is 1.89. The minimum absolute atomic E-state index is 0.00615. The lowest BCUT2D eigenvalue weighted by Crippen LogP contribution is -2.48. The standard InChI is InChI=1S/C16H15ClN4OS/c17-12-2-1-3-13(10-12)19-4-6-20(7-5-19)15(22)14-11-21-8-9-23-16(21)18-14/h1-3,8-11H,4-7H2. The van der Waals surface area contributed by atoms with Crippen LogP contribution in [0.4, 0.5) is 5.69 Å². The van der Waals surface area contributed by atoms with Crippen molar-refractivity contribution in [3.05, 3.63) is 52.8 Å². The number of carbonyl (C=O) groups excluding carboxylic acids is 1. The van der Waals surface area contributed by atoms with Gasteiger partial charge in [-0.15, -0.1) is 11.3 Å². The molecule has 0 N–H and O–H groups in total. The van der Waals surface area contributed by atoms with Gasteiger partial charge < -0.3 is 9.80 Å². The van der Waals surface area contributed by atoms with Gasteiger partial charge in [-0.05, 0) is 18.2 Å². The Kier molecular flexibility index (Phi) is 3.71. The van der Waals surface area contributed by atoms with Crippen LogP contribution in [0.25, 0.3) is 4.96 Å². The van der Waals surface area contributed by atoms with Gasteiger partial charge in [0.1, 0.15) is 5.69 Å². The number of piperazine rings is 1. The molecule has 0 aliphatic carbocycles. The quantitative estimate of drug-likeness (QED) is 0.716. The van der Waals surface area contributed by atoms with E-state index in [2.05, 4.69) is 9.88 Å². The number of fused-ring (bicyclic) bond motifs is 1. The first-order valence-electron chi connectivity index (χ1n) is 7.43. The van der Waals surface area contributed by atoms with Crippen LogP contribution in [0.15, 0.2) is 42.0 Å². The molecule has 5 nitrogen and oxygen atoms in total. The number of benzene rings is 1. The molecule has 0 radical (unpaired) electrons. The number of thiazole rings is 1. The molecule has 118 valence electrons. The minimum atomic E-state index is 0.00615. The van der Waals surface area contributed by atoms with Gasteiger partial charge in [-0.1, -0.05) is 17.7 Å². The van der Waals surface area contributed by atoms with Crippen molar-refractivity contribution in [3.63, 3.8) is 0 Å². The van der Waals surface area contributed by atoms with Gasteiger partial charge in [0.05, 0.1) is 0 Å². The first kappa shape index (κ1) is 14.5. The first-order chi connectivity index (χ1) is 11.2. The molecule has 4 rings (SSSR count). The molecule has 1 fully saturated rings. The summed E-state index contributed by atoms with van der Waals surface area (Å²) in [6.07, 6.45) is 3.72. The smallest absolute Gasteiger partial charge is 0.274 e. The van der Waals surface area contributed by atoms with Crippen LogP contribution in [0.1, 0.15) is 10.5 Å². The summed E-state index contributed by atoms with van der Waals surface area (Å²) in [6.45, 7) is 2.98. The van der Waals surface area contributed by atoms with Crippen LogP contribution in [0.3, 0.4) is 0 Å². The van der Waals surface area contributed by atoms with E-state index in [9.17, 15) is 4.79 Å². The highest BCUT2D eigenvalue weighted by Gasteiger charge is 2.24. The van der Waals surface area contributed by atoms with E-state index in [4.69, 9.17) is 11.6 Å². The summed E-state index contributed by atoms with van der Waals surface area (Å²) in [7, 11) is 0. The van der Waals surface area contributed by atoms with Gasteiger partial charge in [0.15, 0.2) is 4.96 Å². The molecule has 1 saturated heterocycles. The Morgan fingerprint density at radius 3 is 2.78 bits per heavy atom. The average molecular weight is 347 g/mol. The normalized spacial score (nSPS) is 15.3. The molecule has 23 heavy (non-hydrogen) atoms. The maximum atomic E-state index is 12.6. The Morgan fingerprint density at radius 2 is 2.04 bits per heavy atom. The maximum Gasteiger partial charge on any atom is 0.274 e. The van der Waals surface area contributed by atoms with Gasteiger partial charge in [-0.3, -0.25) is 9.20 Å². The molecule has 0 unspecified atom stereocenters. The summed E-state index contributed by atoms with van der Waals surface area (Å²) in [5.41, 5.74) is 1.63. The number of hydrogen-bond acceptors (Lipinski definition) is 4. The van der Waals surface area contributed by atoms with Crippen LogP contribution < -0.4 is 4.90 Å². The highest BCUT2D eigenvalue weighted by Crippen LogP contribution is 2.21. The van der Waals surface area contributed by atoms with Gasteiger partial charge in [-0.25, -0.2) is 4.98 Å². The number of hydrogen-bond donors (Lipinski definition) is 0. The summed E-state index contributed by atoms with van der Waals surface area (Å²) >= 11 is 7.58. The molecule has 0 atom stereocenters. The monoisotopic (exact) mass is 346 g/mol. The number of imidazole rings is 1. The molecule has 0 saturated carbocycles. The number of anilines is 1. The largest absolute Gasteiger partial charge is 0.368 e. The van der Waals surface area contributed by atoms with E-state index in [-0.39, 0.29) is 5.91 Å². The van der Waals surface area contributed by atoms with Crippen molar-refractivity contribution >= 4 is 39.5 Å². The van der Waals surface area contributed by atoms with Crippen LogP contribution in [0.2, 0.25) is 5.02 Å². The van der Waals surface area contributed by atoms with Crippen molar-refractivity contribution in [1.29, 1.82) is 0 Å². The molecule has 1 amide bonds. The number of rotatable bonds is 2. The van der Waals surface area contributed by atoms with Crippen molar-refractivity contribution in [2.75, 3.05) is 31.1 Å². The van der Waals surface area contributed by atoms with Gasteiger partial charge >= 0.3 is 0 Å². The van der Waals surface area contributed by atoms with Crippen LogP contribution in [-0.2, 0) is 0 Å². The third-order valence-corrected chi connectivity index (χ3v) is 5.06. The van der Waals surface area contributed by atoms with E-state index >= 15 is 0 Å². The fourth-order valence-electron chi connectivity index (χ4n) is 2.83. The number of nitrogens with zero attached hydrogens (tertiary/aromatic N) is 4. The Morgan fingerprint density at radius 1 is 1.22 bits per heavy atom. The van der Waals surface area contributed by atoms with E-state index in [1.165, 1.54) is 11.3 Å². The zero-order valence-corrected chi connectivity index (χ0v) is 13.9. The van der Waals surface area contributed by atoms with Gasteiger partial charge in [0.2, 0.25) is 0 Å². The number of aromatic nitrogens is 2. The van der Waals surface area contributed by atoms with Crippen molar-refractivity contribution in [2.24, 2.45) is 0 Å². The molecular weight excluding hydrogens is 332 g/mol. The molecule has 1 aliphatic rings. The fraction of sp³-hybridized carbons (Fsp3) is 0.250. The minimum Gasteiger partial charge on any atom is -0.368 e. The van der Waals surface area contributed by atoms with Gasteiger partial charge in [0, 0.05) is 54.7 Å². The van der Waals surface area contributed by atoms with Crippen LogP contribution in [0.5, 0.6) is 0 Å². The highest BCUT2D eigenvalue weighted by atomic mass is 35.5.